The van der Waals surface area contributed by atoms with Gasteiger partial charge in [0.2, 0.25) is 0 Å². The van der Waals surface area contributed by atoms with Crippen LogP contribution in [0.1, 0.15) is 11.1 Å². The average Bonchev–Trinajstić information content (AvgIpc) is 2.57. The van der Waals surface area contributed by atoms with Crippen LogP contribution in [0.5, 0.6) is 0 Å². The number of rotatable bonds is 4. The fraction of sp³-hybridized carbons (Fsp3) is 0.176. The Morgan fingerprint density at radius 2 is 1.14 bits per heavy atom. The van der Waals surface area contributed by atoms with Gasteiger partial charge in [0, 0.05) is 42.1 Å². The van der Waals surface area contributed by atoms with Gasteiger partial charge in [-0.3, -0.25) is 0 Å². The predicted octanol–water partition coefficient (Wildman–Crippen LogP) is 2.93. The highest BCUT2D eigenvalue weighted by molar-refractivity contribution is 9.10. The first-order valence-electron chi connectivity index (χ1n) is 6.67. The van der Waals surface area contributed by atoms with Gasteiger partial charge in [-0.2, -0.15) is 0 Å². The Morgan fingerprint density at radius 1 is 0.727 bits per heavy atom. The summed E-state index contributed by atoms with van der Waals surface area (Å²) in [4.78, 5) is 0. The molecule has 114 valence electrons. The van der Waals surface area contributed by atoms with E-state index in [0.29, 0.717) is 0 Å². The van der Waals surface area contributed by atoms with Crippen molar-refractivity contribution in [1.29, 1.82) is 0 Å². The van der Waals surface area contributed by atoms with Gasteiger partial charge < -0.3 is 13.3 Å². The highest BCUT2D eigenvalue weighted by Crippen LogP contribution is 2.10. The van der Waals surface area contributed by atoms with E-state index in [2.05, 4.69) is 27.8 Å². The molecule has 0 aliphatic rings. The second-order valence-electron chi connectivity index (χ2n) is 4.50. The van der Waals surface area contributed by atoms with Gasteiger partial charge >= 0.3 is 8.80 Å². The molecule has 0 aromatic heterocycles. The normalized spacial score (nSPS) is 10.9. The van der Waals surface area contributed by atoms with E-state index < -0.39 is 8.80 Å². The van der Waals surface area contributed by atoms with Crippen molar-refractivity contribution in [3.8, 4) is 11.8 Å². The second-order valence-corrected chi connectivity index (χ2v) is 8.33. The third-order valence-electron chi connectivity index (χ3n) is 3.24. The van der Waals surface area contributed by atoms with E-state index in [9.17, 15) is 0 Å². The van der Waals surface area contributed by atoms with Crippen molar-refractivity contribution < 1.29 is 13.3 Å². The maximum absolute atomic E-state index is 5.46. The van der Waals surface area contributed by atoms with Gasteiger partial charge in [0.25, 0.3) is 0 Å². The van der Waals surface area contributed by atoms with Crippen molar-refractivity contribution in [2.75, 3.05) is 21.3 Å². The summed E-state index contributed by atoms with van der Waals surface area (Å²) in [6.45, 7) is 0. The summed E-state index contributed by atoms with van der Waals surface area (Å²) < 4.78 is 17.4. The van der Waals surface area contributed by atoms with Crippen molar-refractivity contribution in [1.82, 2.24) is 0 Å². The standard InChI is InChI=1S/C17H17BrO3Si/c1-19-22(20-2,21-3)17-12-8-15(9-13-17)5-4-14-6-10-16(18)11-7-14/h6-13H,1-3H3. The second kappa shape index (κ2) is 7.72. The molecule has 0 N–H and O–H groups in total. The van der Waals surface area contributed by atoms with E-state index in [4.69, 9.17) is 13.3 Å². The number of hydrogen-bond donors (Lipinski definition) is 0. The van der Waals surface area contributed by atoms with Gasteiger partial charge in [-0.25, -0.2) is 0 Å². The number of benzene rings is 2. The Labute approximate surface area is 140 Å². The Balaban J connectivity index is 2.21. The molecule has 0 atom stereocenters. The van der Waals surface area contributed by atoms with Gasteiger partial charge in [-0.1, -0.05) is 39.9 Å². The number of hydrogen-bond acceptors (Lipinski definition) is 3. The van der Waals surface area contributed by atoms with Crippen LogP contribution < -0.4 is 5.19 Å². The zero-order valence-electron chi connectivity index (χ0n) is 12.7. The van der Waals surface area contributed by atoms with Crippen LogP contribution in [-0.4, -0.2) is 30.1 Å². The Kier molecular flexibility index (Phi) is 5.95. The molecule has 2 aromatic carbocycles. The highest BCUT2D eigenvalue weighted by Gasteiger charge is 2.40. The van der Waals surface area contributed by atoms with Crippen LogP contribution in [-0.2, 0) is 13.3 Å². The quantitative estimate of drug-likeness (QED) is 0.606. The molecule has 0 unspecified atom stereocenters. The summed E-state index contributed by atoms with van der Waals surface area (Å²) in [6, 6.07) is 15.7. The molecule has 0 saturated carbocycles. The van der Waals surface area contributed by atoms with E-state index in [1.165, 1.54) is 0 Å². The minimum Gasteiger partial charge on any atom is -0.373 e. The van der Waals surface area contributed by atoms with Crippen molar-refractivity contribution in [2.45, 2.75) is 0 Å². The number of halogens is 1. The first-order chi connectivity index (χ1) is 10.6. The Hall–Kier alpha value is -1.42. The molecule has 0 bridgehead atoms. The summed E-state index contributed by atoms with van der Waals surface area (Å²) in [6.07, 6.45) is 0. The molecule has 22 heavy (non-hydrogen) atoms. The zero-order chi connectivity index (χ0) is 16.0. The molecule has 2 aromatic rings. The molecule has 0 aliphatic carbocycles. The van der Waals surface area contributed by atoms with Crippen molar-refractivity contribution in [3.05, 3.63) is 64.1 Å². The van der Waals surface area contributed by atoms with Gasteiger partial charge in [0.1, 0.15) is 0 Å². The topological polar surface area (TPSA) is 27.7 Å². The third-order valence-corrected chi connectivity index (χ3v) is 6.42. The monoisotopic (exact) mass is 376 g/mol. The Morgan fingerprint density at radius 3 is 1.55 bits per heavy atom. The van der Waals surface area contributed by atoms with Crippen molar-refractivity contribution in [2.24, 2.45) is 0 Å². The van der Waals surface area contributed by atoms with Gasteiger partial charge in [-0.15, -0.1) is 0 Å². The highest BCUT2D eigenvalue weighted by atomic mass is 79.9. The van der Waals surface area contributed by atoms with Gasteiger partial charge in [-0.05, 0) is 36.4 Å². The molecule has 0 radical (unpaired) electrons. The lowest BCUT2D eigenvalue weighted by molar-refractivity contribution is 0.140. The Bertz CT molecular complexity index is 660. The van der Waals surface area contributed by atoms with Gasteiger partial charge in [0.05, 0.1) is 0 Å². The van der Waals surface area contributed by atoms with Crippen LogP contribution >= 0.6 is 15.9 Å². The average molecular weight is 377 g/mol. The lowest BCUT2D eigenvalue weighted by Gasteiger charge is -2.24. The van der Waals surface area contributed by atoms with E-state index in [0.717, 1.165) is 20.8 Å². The first-order valence-corrected chi connectivity index (χ1v) is 9.19. The van der Waals surface area contributed by atoms with Crippen molar-refractivity contribution >= 4 is 29.9 Å². The predicted molar refractivity (Wildman–Crippen MR) is 93.0 cm³/mol. The lowest BCUT2D eigenvalue weighted by atomic mass is 10.2. The van der Waals surface area contributed by atoms with E-state index in [1.54, 1.807) is 21.3 Å². The zero-order valence-corrected chi connectivity index (χ0v) is 15.3. The fourth-order valence-electron chi connectivity index (χ4n) is 2.04. The third kappa shape index (κ3) is 3.86. The summed E-state index contributed by atoms with van der Waals surface area (Å²) in [5, 5.41) is 0.911. The van der Waals surface area contributed by atoms with Crippen LogP contribution in [0.25, 0.3) is 0 Å². The molecule has 0 aliphatic heterocycles. The largest absolute Gasteiger partial charge is 0.536 e. The van der Waals surface area contributed by atoms with E-state index >= 15 is 0 Å². The smallest absolute Gasteiger partial charge is 0.373 e. The van der Waals surface area contributed by atoms with E-state index in [-0.39, 0.29) is 0 Å². The van der Waals surface area contributed by atoms with Crippen LogP contribution in [0.15, 0.2) is 53.0 Å². The molecule has 5 heteroatoms. The molecule has 0 fully saturated rings. The fourth-order valence-corrected chi connectivity index (χ4v) is 4.09. The molecular formula is C17H17BrO3Si. The summed E-state index contributed by atoms with van der Waals surface area (Å²) in [7, 11) is 2.03. The molecule has 0 spiro atoms. The molecule has 0 amide bonds. The van der Waals surface area contributed by atoms with Crippen molar-refractivity contribution in [3.63, 3.8) is 0 Å². The van der Waals surface area contributed by atoms with Crippen LogP contribution in [0.3, 0.4) is 0 Å². The molecule has 0 saturated heterocycles. The maximum atomic E-state index is 5.46. The SMILES string of the molecule is CO[Si](OC)(OC)c1ccc(C#Cc2ccc(Br)cc2)cc1. The minimum atomic E-state index is -2.76. The first kappa shape index (κ1) is 16.9. The lowest BCUT2D eigenvalue weighted by Crippen LogP contribution is -2.54. The summed E-state index contributed by atoms with van der Waals surface area (Å²) in [5.74, 6) is 6.28. The van der Waals surface area contributed by atoms with Crippen LogP contribution in [0.4, 0.5) is 0 Å². The molecular weight excluding hydrogens is 360 g/mol. The molecule has 0 heterocycles. The van der Waals surface area contributed by atoms with Gasteiger partial charge in [0.15, 0.2) is 0 Å². The van der Waals surface area contributed by atoms with Crippen LogP contribution in [0, 0.1) is 11.8 Å². The maximum Gasteiger partial charge on any atom is 0.536 e. The summed E-state index contributed by atoms with van der Waals surface area (Å²) >= 11 is 3.41. The molecule has 3 nitrogen and oxygen atoms in total. The summed E-state index contributed by atoms with van der Waals surface area (Å²) in [5.41, 5.74) is 1.90. The minimum absolute atomic E-state index is 0.911. The molecule has 2 rings (SSSR count). The van der Waals surface area contributed by atoms with E-state index in [1.807, 2.05) is 48.5 Å². The van der Waals surface area contributed by atoms with Crippen LogP contribution in [0.2, 0.25) is 0 Å².